The Labute approximate surface area is 184 Å². The number of nitrogens with one attached hydrogen (secondary N) is 2. The van der Waals surface area contributed by atoms with Crippen LogP contribution in [0.2, 0.25) is 0 Å². The maximum Gasteiger partial charge on any atom is 0.271 e. The van der Waals surface area contributed by atoms with E-state index < -0.39 is 0 Å². The fourth-order valence-electron chi connectivity index (χ4n) is 2.91. The zero-order valence-electron chi connectivity index (χ0n) is 16.5. The quantitative estimate of drug-likeness (QED) is 0.285. The number of thiocarbonyl (C=S) groups is 1. The molecule has 0 spiro atoms. The Morgan fingerprint density at radius 3 is 2.26 bits per heavy atom. The van der Waals surface area contributed by atoms with Crippen LogP contribution in [0.5, 0.6) is 0 Å². The molecule has 7 heteroatoms. The van der Waals surface area contributed by atoms with Crippen LogP contribution in [-0.4, -0.2) is 21.1 Å². The second-order valence-electron chi connectivity index (χ2n) is 6.62. The number of hydrazone groups is 1. The highest BCUT2D eigenvalue weighted by Crippen LogP contribution is 2.15. The lowest BCUT2D eigenvalue weighted by Gasteiger charge is -2.08. The first-order valence-corrected chi connectivity index (χ1v) is 10.0. The molecule has 0 unspecified atom stereocenters. The fraction of sp³-hybridized carbons (Fsp3) is 0. The maximum absolute atomic E-state index is 12.3. The Hall–Kier alpha value is -4.10. The maximum atomic E-state index is 12.3. The van der Waals surface area contributed by atoms with E-state index in [0.29, 0.717) is 10.8 Å². The molecule has 3 aromatic carbocycles. The van der Waals surface area contributed by atoms with E-state index in [1.807, 2.05) is 84.9 Å². The molecule has 2 N–H and O–H groups in total. The minimum atomic E-state index is -0.194. The van der Waals surface area contributed by atoms with E-state index in [2.05, 4.69) is 20.9 Å². The Bertz CT molecular complexity index is 1250. The largest absolute Gasteiger partial charge is 0.331 e. The van der Waals surface area contributed by atoms with Crippen LogP contribution in [0.15, 0.2) is 107 Å². The molecule has 152 valence electrons. The summed E-state index contributed by atoms with van der Waals surface area (Å²) in [6.07, 6.45) is 1.65. The van der Waals surface area contributed by atoms with Gasteiger partial charge in [-0.3, -0.25) is 10.2 Å². The van der Waals surface area contributed by atoms with Gasteiger partial charge in [0.1, 0.15) is 0 Å². The summed E-state index contributed by atoms with van der Waals surface area (Å²) in [6.45, 7) is 0. The van der Waals surface area contributed by atoms with Gasteiger partial charge in [0.05, 0.1) is 17.6 Å². The molecule has 0 saturated heterocycles. The van der Waals surface area contributed by atoms with Crippen LogP contribution in [0.1, 0.15) is 5.56 Å². The third-order valence-corrected chi connectivity index (χ3v) is 4.61. The Balaban J connectivity index is 1.44. The number of hydrogen-bond acceptors (Lipinski definition) is 4. The van der Waals surface area contributed by atoms with E-state index >= 15 is 0 Å². The highest BCUT2D eigenvalue weighted by molar-refractivity contribution is 7.80. The minimum Gasteiger partial charge on any atom is -0.331 e. The standard InChI is InChI=1S/C24H19N5OS/c30-23-16-15-22(19-7-3-1-4-8-19)28-29(23)21-13-11-18(12-14-21)17-25-27-24(31)26-20-9-5-2-6-10-20/h1-17H,(H2,26,27,31). The SMILES string of the molecule is O=c1ccc(-c2ccccc2)nn1-c1ccc(C=NNC(=S)Nc2ccccc2)cc1. The van der Waals surface area contributed by atoms with Gasteiger partial charge in [0.25, 0.3) is 5.56 Å². The van der Waals surface area contributed by atoms with E-state index in [0.717, 1.165) is 22.5 Å². The lowest BCUT2D eigenvalue weighted by Crippen LogP contribution is -2.23. The fourth-order valence-corrected chi connectivity index (χ4v) is 3.08. The lowest BCUT2D eigenvalue weighted by molar-refractivity contribution is 0.812. The molecular weight excluding hydrogens is 406 g/mol. The van der Waals surface area contributed by atoms with Crippen molar-refractivity contribution < 1.29 is 0 Å². The predicted molar refractivity (Wildman–Crippen MR) is 129 cm³/mol. The third-order valence-electron chi connectivity index (χ3n) is 4.42. The van der Waals surface area contributed by atoms with Crippen LogP contribution in [0.4, 0.5) is 5.69 Å². The predicted octanol–water partition coefficient (Wildman–Crippen LogP) is 4.22. The smallest absolute Gasteiger partial charge is 0.271 e. The third kappa shape index (κ3) is 5.29. The van der Waals surface area contributed by atoms with Gasteiger partial charge in [0.2, 0.25) is 0 Å². The molecule has 0 fully saturated rings. The zero-order chi connectivity index (χ0) is 21.5. The van der Waals surface area contributed by atoms with E-state index in [-0.39, 0.29) is 5.56 Å². The second kappa shape index (κ2) is 9.60. The summed E-state index contributed by atoms with van der Waals surface area (Å²) in [4.78, 5) is 12.3. The van der Waals surface area contributed by atoms with Crippen LogP contribution >= 0.6 is 12.2 Å². The van der Waals surface area contributed by atoms with Gasteiger partial charge in [-0.1, -0.05) is 60.7 Å². The first-order chi connectivity index (χ1) is 15.2. The van der Waals surface area contributed by atoms with Crippen molar-refractivity contribution in [3.8, 4) is 16.9 Å². The van der Waals surface area contributed by atoms with Gasteiger partial charge >= 0.3 is 0 Å². The van der Waals surface area contributed by atoms with Crippen molar-refractivity contribution in [1.29, 1.82) is 0 Å². The number of benzene rings is 3. The van der Waals surface area contributed by atoms with Gasteiger partial charge in [-0.15, -0.1) is 0 Å². The van der Waals surface area contributed by atoms with Gasteiger partial charge < -0.3 is 5.32 Å². The molecule has 0 bridgehead atoms. The van der Waals surface area contributed by atoms with Gasteiger partial charge in [0, 0.05) is 17.3 Å². The Kier molecular flexibility index (Phi) is 6.25. The number of aromatic nitrogens is 2. The van der Waals surface area contributed by atoms with Gasteiger partial charge in [-0.05, 0) is 48.1 Å². The molecule has 0 radical (unpaired) electrons. The molecule has 31 heavy (non-hydrogen) atoms. The average Bonchev–Trinajstić information content (AvgIpc) is 2.81. The molecule has 0 saturated carbocycles. The van der Waals surface area contributed by atoms with Crippen molar-refractivity contribution in [2.75, 3.05) is 5.32 Å². The van der Waals surface area contributed by atoms with Crippen LogP contribution in [0, 0.1) is 0 Å². The lowest BCUT2D eigenvalue weighted by atomic mass is 10.1. The van der Waals surface area contributed by atoms with Gasteiger partial charge in [0.15, 0.2) is 5.11 Å². The summed E-state index contributed by atoms with van der Waals surface area (Å²) in [5, 5.41) is 12.1. The van der Waals surface area contributed by atoms with Gasteiger partial charge in [-0.2, -0.15) is 14.9 Å². The normalized spacial score (nSPS) is 10.7. The number of anilines is 1. The first kappa shape index (κ1) is 20.2. The molecule has 0 aliphatic carbocycles. The first-order valence-electron chi connectivity index (χ1n) is 9.60. The number of rotatable bonds is 5. The molecule has 0 atom stereocenters. The van der Waals surface area contributed by atoms with Gasteiger partial charge in [-0.25, -0.2) is 0 Å². The molecule has 1 aromatic heterocycles. The van der Waals surface area contributed by atoms with Crippen LogP contribution in [0.25, 0.3) is 16.9 Å². The van der Waals surface area contributed by atoms with E-state index in [9.17, 15) is 4.79 Å². The summed E-state index contributed by atoms with van der Waals surface area (Å²) in [5.74, 6) is 0. The number of nitrogens with zero attached hydrogens (tertiary/aromatic N) is 3. The Morgan fingerprint density at radius 2 is 1.55 bits per heavy atom. The molecule has 1 heterocycles. The summed E-state index contributed by atoms with van der Waals surface area (Å²) >= 11 is 5.22. The minimum absolute atomic E-state index is 0.194. The van der Waals surface area contributed by atoms with Crippen molar-refractivity contribution in [3.63, 3.8) is 0 Å². The molecule has 6 nitrogen and oxygen atoms in total. The van der Waals surface area contributed by atoms with Crippen molar-refractivity contribution in [2.45, 2.75) is 0 Å². The second-order valence-corrected chi connectivity index (χ2v) is 7.02. The van der Waals surface area contributed by atoms with Crippen LogP contribution in [-0.2, 0) is 0 Å². The molecule has 0 amide bonds. The zero-order valence-corrected chi connectivity index (χ0v) is 17.3. The summed E-state index contributed by atoms with van der Waals surface area (Å²) in [5.41, 5.74) is 6.68. The van der Waals surface area contributed by atoms with Crippen LogP contribution < -0.4 is 16.3 Å². The average molecular weight is 426 g/mol. The summed E-state index contributed by atoms with van der Waals surface area (Å²) in [6, 6.07) is 30.0. The summed E-state index contributed by atoms with van der Waals surface area (Å²) < 4.78 is 1.39. The van der Waals surface area contributed by atoms with Crippen molar-refractivity contribution >= 4 is 29.2 Å². The van der Waals surface area contributed by atoms with E-state index in [1.54, 1.807) is 12.3 Å². The van der Waals surface area contributed by atoms with Crippen molar-refractivity contribution in [3.05, 3.63) is 113 Å². The van der Waals surface area contributed by atoms with Crippen molar-refractivity contribution in [2.24, 2.45) is 5.10 Å². The topological polar surface area (TPSA) is 71.3 Å². The monoisotopic (exact) mass is 425 g/mol. The summed E-state index contributed by atoms with van der Waals surface area (Å²) in [7, 11) is 0. The molecular formula is C24H19N5OS. The Morgan fingerprint density at radius 1 is 0.871 bits per heavy atom. The molecule has 4 rings (SSSR count). The highest BCUT2D eigenvalue weighted by Gasteiger charge is 2.05. The van der Waals surface area contributed by atoms with Crippen molar-refractivity contribution in [1.82, 2.24) is 15.2 Å². The van der Waals surface area contributed by atoms with Crippen LogP contribution in [0.3, 0.4) is 0 Å². The van der Waals surface area contributed by atoms with E-state index in [1.165, 1.54) is 10.7 Å². The highest BCUT2D eigenvalue weighted by atomic mass is 32.1. The van der Waals surface area contributed by atoms with E-state index in [4.69, 9.17) is 12.2 Å². The molecule has 4 aromatic rings. The molecule has 0 aliphatic heterocycles. The molecule has 0 aliphatic rings. The number of para-hydroxylation sites is 1. The number of hydrogen-bond donors (Lipinski definition) is 2.